The fourth-order valence-electron chi connectivity index (χ4n) is 0.713. The van der Waals surface area contributed by atoms with Crippen LogP contribution in [0.4, 0.5) is 0 Å². The Morgan fingerprint density at radius 2 is 2.78 bits per heavy atom. The molecule has 0 fully saturated rings. The first kappa shape index (κ1) is 6.12. The summed E-state index contributed by atoms with van der Waals surface area (Å²) in [7, 11) is 0. The van der Waals surface area contributed by atoms with E-state index >= 15 is 0 Å². The summed E-state index contributed by atoms with van der Waals surface area (Å²) >= 11 is 0. The van der Waals surface area contributed by atoms with Crippen LogP contribution in [0.25, 0.3) is 0 Å². The maximum atomic E-state index is 8.30. The van der Waals surface area contributed by atoms with Gasteiger partial charge in [0.05, 0.1) is 6.61 Å². The largest absolute Gasteiger partial charge is 0.483 e. The van der Waals surface area contributed by atoms with Crippen LogP contribution < -0.4 is 5.73 Å². The second kappa shape index (κ2) is 2.51. The van der Waals surface area contributed by atoms with E-state index in [2.05, 4.69) is 0 Å². The van der Waals surface area contributed by atoms with Gasteiger partial charge >= 0.3 is 0 Å². The van der Waals surface area contributed by atoms with Gasteiger partial charge in [-0.3, -0.25) is 0 Å². The third kappa shape index (κ3) is 1.21. The maximum absolute atomic E-state index is 8.30. The average molecular weight is 124 g/mol. The lowest BCUT2D eigenvalue weighted by molar-refractivity contribution is 0.233. The molecule has 0 spiro atoms. The van der Waals surface area contributed by atoms with Gasteiger partial charge in [-0.05, 0) is 6.08 Å². The smallest absolute Gasteiger partial charge is 0.193 e. The zero-order valence-corrected chi connectivity index (χ0v) is 5.00. The van der Waals surface area contributed by atoms with Gasteiger partial charge in [0.2, 0.25) is 0 Å². The van der Waals surface area contributed by atoms with E-state index in [1.165, 1.54) is 0 Å². The molecule has 0 amide bonds. The summed E-state index contributed by atoms with van der Waals surface area (Å²) in [6.07, 6.45) is 1.76. The molecule has 0 unspecified atom stereocenters. The second-order valence-electron chi connectivity index (χ2n) is 1.95. The van der Waals surface area contributed by atoms with Gasteiger partial charge in [-0.1, -0.05) is 0 Å². The van der Waals surface area contributed by atoms with Crippen molar-refractivity contribution in [1.82, 2.24) is 0 Å². The fraction of sp³-hybridized carbons (Fsp3) is 0.500. The first-order chi connectivity index (χ1) is 4.36. The van der Waals surface area contributed by atoms with E-state index in [0.29, 0.717) is 18.9 Å². The summed E-state index contributed by atoms with van der Waals surface area (Å²) in [5.41, 5.74) is 5.32. The van der Waals surface area contributed by atoms with E-state index in [0.717, 1.165) is 0 Å². The molecule has 0 aromatic rings. The first-order valence-electron chi connectivity index (χ1n) is 2.81. The highest BCUT2D eigenvalue weighted by Crippen LogP contribution is 2.12. The molecule has 1 aliphatic rings. The van der Waals surface area contributed by atoms with Crippen LogP contribution in [0, 0.1) is 17.2 Å². The number of allylic oxidation sites excluding steroid dienone is 1. The van der Waals surface area contributed by atoms with E-state index in [-0.39, 0.29) is 5.92 Å². The third-order valence-corrected chi connectivity index (χ3v) is 1.25. The Labute approximate surface area is 53.7 Å². The van der Waals surface area contributed by atoms with Gasteiger partial charge in [-0.15, -0.1) is 0 Å². The normalized spacial score (nSPS) is 24.4. The van der Waals surface area contributed by atoms with Crippen molar-refractivity contribution in [2.45, 2.75) is 0 Å². The quantitative estimate of drug-likeness (QED) is 0.535. The molecule has 0 aromatic heterocycles. The van der Waals surface area contributed by atoms with Gasteiger partial charge in [-0.25, -0.2) is 0 Å². The molecule has 0 aliphatic carbocycles. The van der Waals surface area contributed by atoms with Crippen molar-refractivity contribution in [3.05, 3.63) is 11.8 Å². The number of nitrogens with zero attached hydrogens (tertiary/aromatic N) is 1. The Morgan fingerprint density at radius 1 is 2.00 bits per heavy atom. The molecule has 0 saturated heterocycles. The maximum Gasteiger partial charge on any atom is 0.193 e. The molecule has 2 N–H and O–H groups in total. The summed E-state index contributed by atoms with van der Waals surface area (Å²) < 4.78 is 4.93. The van der Waals surface area contributed by atoms with E-state index in [1.807, 2.05) is 6.07 Å². The molecule has 0 saturated carbocycles. The zero-order valence-electron chi connectivity index (χ0n) is 5.00. The topological polar surface area (TPSA) is 59.0 Å². The van der Waals surface area contributed by atoms with Crippen molar-refractivity contribution in [2.24, 2.45) is 11.7 Å². The number of ether oxygens (including phenoxy) is 1. The SMILES string of the molecule is N#CC1=C[C@@H](CN)CO1. The number of hydrogen-bond donors (Lipinski definition) is 1. The standard InChI is InChI=1S/C6H8N2O/c7-2-5-1-6(3-8)9-4-5/h1,5H,2,4,7H2/t5-/m0/s1. The van der Waals surface area contributed by atoms with Gasteiger partial charge in [0.1, 0.15) is 6.07 Å². The minimum Gasteiger partial charge on any atom is -0.483 e. The molecule has 3 nitrogen and oxygen atoms in total. The predicted molar refractivity (Wildman–Crippen MR) is 32.2 cm³/mol. The number of nitriles is 1. The van der Waals surface area contributed by atoms with Gasteiger partial charge < -0.3 is 10.5 Å². The van der Waals surface area contributed by atoms with Crippen molar-refractivity contribution in [1.29, 1.82) is 5.26 Å². The Kier molecular flexibility index (Phi) is 1.71. The van der Waals surface area contributed by atoms with Crippen LogP contribution in [0.5, 0.6) is 0 Å². The monoisotopic (exact) mass is 124 g/mol. The molecule has 1 aliphatic heterocycles. The Balaban J connectivity index is 2.53. The minimum absolute atomic E-state index is 0.250. The van der Waals surface area contributed by atoms with Crippen LogP contribution in [0.3, 0.4) is 0 Å². The highest BCUT2D eigenvalue weighted by molar-refractivity contribution is 5.18. The highest BCUT2D eigenvalue weighted by atomic mass is 16.5. The van der Waals surface area contributed by atoms with Crippen LogP contribution in [0.2, 0.25) is 0 Å². The summed E-state index contributed by atoms with van der Waals surface area (Å²) in [5.74, 6) is 0.658. The van der Waals surface area contributed by atoms with Crippen LogP contribution in [0.15, 0.2) is 11.8 Å². The van der Waals surface area contributed by atoms with Crippen LogP contribution >= 0.6 is 0 Å². The number of rotatable bonds is 1. The number of nitrogens with two attached hydrogens (primary N) is 1. The van der Waals surface area contributed by atoms with E-state index in [4.69, 9.17) is 15.7 Å². The molecule has 1 rings (SSSR count). The molecule has 3 heteroatoms. The summed E-state index contributed by atoms with van der Waals surface area (Å²) in [4.78, 5) is 0. The van der Waals surface area contributed by atoms with Crippen molar-refractivity contribution in [2.75, 3.05) is 13.2 Å². The third-order valence-electron chi connectivity index (χ3n) is 1.25. The summed E-state index contributed by atoms with van der Waals surface area (Å²) in [6, 6.07) is 1.91. The predicted octanol–water partition coefficient (Wildman–Crippen LogP) is -0.00102. The van der Waals surface area contributed by atoms with Crippen LogP contribution in [-0.2, 0) is 4.74 Å². The molecule has 0 aromatic carbocycles. The van der Waals surface area contributed by atoms with E-state index in [1.54, 1.807) is 6.08 Å². The molecule has 0 radical (unpaired) electrons. The summed E-state index contributed by atoms with van der Waals surface area (Å²) in [6.45, 7) is 1.13. The van der Waals surface area contributed by atoms with Crippen LogP contribution in [-0.4, -0.2) is 13.2 Å². The van der Waals surface area contributed by atoms with Gasteiger partial charge in [0, 0.05) is 12.5 Å². The molecule has 48 valence electrons. The lowest BCUT2D eigenvalue weighted by Gasteiger charge is -1.97. The molecular weight excluding hydrogens is 116 g/mol. The van der Waals surface area contributed by atoms with E-state index < -0.39 is 0 Å². The van der Waals surface area contributed by atoms with Gasteiger partial charge in [0.15, 0.2) is 5.76 Å². The van der Waals surface area contributed by atoms with Crippen molar-refractivity contribution >= 4 is 0 Å². The van der Waals surface area contributed by atoms with Gasteiger partial charge in [0.25, 0.3) is 0 Å². The molecular formula is C6H8N2O. The highest BCUT2D eigenvalue weighted by Gasteiger charge is 2.13. The summed E-state index contributed by atoms with van der Waals surface area (Å²) in [5, 5.41) is 8.30. The zero-order chi connectivity index (χ0) is 6.69. The Hall–Kier alpha value is -1.01. The molecule has 1 atom stereocenters. The van der Waals surface area contributed by atoms with E-state index in [9.17, 15) is 0 Å². The first-order valence-corrected chi connectivity index (χ1v) is 2.81. The van der Waals surface area contributed by atoms with Gasteiger partial charge in [-0.2, -0.15) is 5.26 Å². The van der Waals surface area contributed by atoms with Crippen molar-refractivity contribution in [3.63, 3.8) is 0 Å². The van der Waals surface area contributed by atoms with Crippen molar-refractivity contribution in [3.8, 4) is 6.07 Å². The lowest BCUT2D eigenvalue weighted by Crippen LogP contribution is -2.12. The molecule has 1 heterocycles. The molecule has 9 heavy (non-hydrogen) atoms. The fourth-order valence-corrected chi connectivity index (χ4v) is 0.713. The Bertz CT molecular complexity index is 168. The minimum atomic E-state index is 0.250. The number of hydrogen-bond acceptors (Lipinski definition) is 3. The Morgan fingerprint density at radius 3 is 3.11 bits per heavy atom. The second-order valence-corrected chi connectivity index (χ2v) is 1.95. The molecule has 0 bridgehead atoms. The van der Waals surface area contributed by atoms with Crippen molar-refractivity contribution < 1.29 is 4.74 Å². The van der Waals surface area contributed by atoms with Crippen LogP contribution in [0.1, 0.15) is 0 Å². The lowest BCUT2D eigenvalue weighted by atomic mass is 10.2. The average Bonchev–Trinajstić information content (AvgIpc) is 2.34.